The van der Waals surface area contributed by atoms with E-state index in [1.807, 2.05) is 0 Å². The van der Waals surface area contributed by atoms with Crippen LogP contribution in [0.3, 0.4) is 0 Å². The normalized spacial score (nSPS) is 16.9. The monoisotopic (exact) mass is 775 g/mol. The van der Waals surface area contributed by atoms with Gasteiger partial charge >= 0.3 is 0 Å². The average molecular weight is 776 g/mol. The maximum Gasteiger partial charge on any atom is 0.145 e. The van der Waals surface area contributed by atoms with Crippen molar-refractivity contribution < 1.29 is 0 Å². The van der Waals surface area contributed by atoms with Gasteiger partial charge in [-0.3, -0.25) is 4.99 Å². The minimum absolute atomic E-state index is 0.0975. The Morgan fingerprint density at radius 3 is 1.86 bits per heavy atom. The molecular weight excluding hydrogens is 735 g/mol. The molecule has 59 heavy (non-hydrogen) atoms. The third-order valence-corrected chi connectivity index (χ3v) is 14.4. The number of hydrogen-bond acceptors (Lipinski definition) is 4. The van der Waals surface area contributed by atoms with Gasteiger partial charge in [-0.25, -0.2) is 4.98 Å². The highest BCUT2D eigenvalue weighted by atomic mass is 32.1. The molecule has 0 saturated carbocycles. The largest absolute Gasteiger partial charge is 0.360 e. The minimum Gasteiger partial charge on any atom is -0.360 e. The number of fused-ring (bicyclic) bond motifs is 11. The predicted molar refractivity (Wildman–Crippen MR) is 248 cm³/mol. The predicted octanol–water partition coefficient (Wildman–Crippen LogP) is 14.0. The average Bonchev–Trinajstić information content (AvgIpc) is 3.89. The summed E-state index contributed by atoms with van der Waals surface area (Å²) in [6, 6.07) is 58.0. The molecule has 4 heteroatoms. The Balaban J connectivity index is 0.994. The summed E-state index contributed by atoms with van der Waals surface area (Å²) in [4.78, 5) is 10.8. The molecule has 1 N–H and O–H groups in total. The zero-order chi connectivity index (χ0) is 39.6. The van der Waals surface area contributed by atoms with E-state index in [1.165, 1.54) is 76.3 Å². The van der Waals surface area contributed by atoms with Crippen LogP contribution in [-0.4, -0.2) is 10.7 Å². The van der Waals surface area contributed by atoms with Crippen molar-refractivity contribution in [3.63, 3.8) is 0 Å². The second-order valence-corrected chi connectivity index (χ2v) is 18.5. The van der Waals surface area contributed by atoms with E-state index in [0.717, 1.165) is 38.6 Å². The highest BCUT2D eigenvalue weighted by Gasteiger charge is 2.37. The molecule has 282 valence electrons. The molecule has 0 amide bonds. The summed E-state index contributed by atoms with van der Waals surface area (Å²) in [5.74, 6) is 0. The number of thiazole rings is 1. The quantitative estimate of drug-likeness (QED) is 0.181. The Morgan fingerprint density at radius 2 is 1.14 bits per heavy atom. The SMILES string of the molecule is CC1(C)c2ccccc2-c2ccc(C3=CC(c4ccc5c(c4)C(C)(C)c4ccccc4-5)=NC(c4ccc5c(ccc6ccc7sc(-c8ccccc8)nc7c65)c4)N3)cc21. The van der Waals surface area contributed by atoms with Crippen molar-refractivity contribution in [1.29, 1.82) is 0 Å². The number of allylic oxidation sites excluding steroid dienone is 1. The van der Waals surface area contributed by atoms with Crippen molar-refractivity contribution in [3.05, 3.63) is 203 Å². The van der Waals surface area contributed by atoms with E-state index < -0.39 is 0 Å². The second-order valence-electron chi connectivity index (χ2n) is 17.4. The van der Waals surface area contributed by atoms with Gasteiger partial charge in [-0.2, -0.15) is 0 Å². The fourth-order valence-corrected chi connectivity index (χ4v) is 11.2. The molecule has 1 aromatic heterocycles. The Morgan fingerprint density at radius 1 is 0.525 bits per heavy atom. The van der Waals surface area contributed by atoms with Gasteiger partial charge in [-0.1, -0.05) is 161 Å². The van der Waals surface area contributed by atoms with Crippen molar-refractivity contribution >= 4 is 54.5 Å². The standard InChI is InChI=1S/C55H41N3S/c1-54(2)43-16-10-8-14-39(43)41-25-20-35(29-45(41)54)47-31-48(36-21-26-42-40-15-9-11-17-44(40)55(3,4)46(42)30-36)57-52(56-47)37-22-24-38-34(28-37)19-18-32-23-27-49-51(50(32)38)58-53(59-49)33-12-6-5-7-13-33/h5-31,52,56H,1-4H3. The zero-order valence-corrected chi connectivity index (χ0v) is 34.3. The van der Waals surface area contributed by atoms with Gasteiger partial charge < -0.3 is 5.32 Å². The third kappa shape index (κ3) is 5.12. The lowest BCUT2D eigenvalue weighted by atomic mass is 9.81. The van der Waals surface area contributed by atoms with Crippen LogP contribution in [0.25, 0.3) is 70.3 Å². The van der Waals surface area contributed by atoms with E-state index in [1.54, 1.807) is 11.3 Å². The number of hydrogen-bond donors (Lipinski definition) is 1. The van der Waals surface area contributed by atoms with Crippen molar-refractivity contribution in [2.45, 2.75) is 44.7 Å². The highest BCUT2D eigenvalue weighted by molar-refractivity contribution is 7.21. The van der Waals surface area contributed by atoms with Crippen LogP contribution in [-0.2, 0) is 10.8 Å². The van der Waals surface area contributed by atoms with Crippen LogP contribution in [0, 0.1) is 0 Å². The first-order chi connectivity index (χ1) is 28.7. The first kappa shape index (κ1) is 34.4. The van der Waals surface area contributed by atoms with Crippen molar-refractivity contribution in [2.24, 2.45) is 4.99 Å². The summed E-state index contributed by atoms with van der Waals surface area (Å²) in [6.45, 7) is 9.40. The van der Waals surface area contributed by atoms with Gasteiger partial charge in [-0.15, -0.1) is 11.3 Å². The first-order valence-electron chi connectivity index (χ1n) is 20.6. The van der Waals surface area contributed by atoms with E-state index in [4.69, 9.17) is 9.98 Å². The Bertz CT molecular complexity index is 3310. The van der Waals surface area contributed by atoms with Crippen molar-refractivity contribution in [1.82, 2.24) is 10.3 Å². The molecule has 12 rings (SSSR count). The van der Waals surface area contributed by atoms with E-state index in [9.17, 15) is 0 Å². The maximum atomic E-state index is 5.53. The molecule has 9 aromatic rings. The molecule has 1 atom stereocenters. The molecule has 0 bridgehead atoms. The molecule has 0 radical (unpaired) electrons. The highest BCUT2D eigenvalue weighted by Crippen LogP contribution is 2.51. The molecule has 2 heterocycles. The van der Waals surface area contributed by atoms with Gasteiger partial charge in [-0.05, 0) is 102 Å². The number of rotatable bonds is 4. The summed E-state index contributed by atoms with van der Waals surface area (Å²) in [7, 11) is 0. The molecule has 0 spiro atoms. The summed E-state index contributed by atoms with van der Waals surface area (Å²) < 4.78 is 1.20. The zero-order valence-electron chi connectivity index (χ0n) is 33.5. The minimum atomic E-state index is -0.290. The van der Waals surface area contributed by atoms with Gasteiger partial charge in [0.05, 0.1) is 15.9 Å². The van der Waals surface area contributed by atoms with E-state index in [0.29, 0.717) is 0 Å². The summed E-state index contributed by atoms with van der Waals surface area (Å²) >= 11 is 1.76. The Hall–Kier alpha value is -6.62. The van der Waals surface area contributed by atoms with Crippen LogP contribution in [0.1, 0.15) is 72.8 Å². The third-order valence-electron chi connectivity index (χ3n) is 13.3. The van der Waals surface area contributed by atoms with Gasteiger partial charge in [0, 0.05) is 33.0 Å². The number of aliphatic imine (C=N–C) groups is 1. The van der Waals surface area contributed by atoms with Crippen LogP contribution in [0.4, 0.5) is 0 Å². The van der Waals surface area contributed by atoms with Gasteiger partial charge in [0.25, 0.3) is 0 Å². The van der Waals surface area contributed by atoms with Gasteiger partial charge in [0.2, 0.25) is 0 Å². The van der Waals surface area contributed by atoms with Crippen LogP contribution in [0.5, 0.6) is 0 Å². The van der Waals surface area contributed by atoms with E-state index in [-0.39, 0.29) is 17.0 Å². The fraction of sp³-hybridized carbons (Fsp3) is 0.127. The molecule has 8 aromatic carbocycles. The molecule has 1 unspecified atom stereocenters. The lowest BCUT2D eigenvalue weighted by Crippen LogP contribution is -2.25. The summed E-state index contributed by atoms with van der Waals surface area (Å²) in [5, 5.41) is 9.76. The summed E-state index contributed by atoms with van der Waals surface area (Å²) in [5.41, 5.74) is 18.3. The van der Waals surface area contributed by atoms with Crippen LogP contribution >= 0.6 is 11.3 Å². The number of nitrogens with zero attached hydrogens (tertiary/aromatic N) is 2. The number of nitrogens with one attached hydrogen (secondary N) is 1. The lowest BCUT2D eigenvalue weighted by molar-refractivity contribution is 0.655. The van der Waals surface area contributed by atoms with Crippen LogP contribution in [0.2, 0.25) is 0 Å². The summed E-state index contributed by atoms with van der Waals surface area (Å²) in [6.07, 6.45) is 1.98. The maximum absolute atomic E-state index is 5.53. The number of aromatic nitrogens is 1. The van der Waals surface area contributed by atoms with Gasteiger partial charge in [0.15, 0.2) is 0 Å². The molecule has 2 aliphatic carbocycles. The molecule has 3 nitrogen and oxygen atoms in total. The van der Waals surface area contributed by atoms with Crippen LogP contribution in [0.15, 0.2) is 169 Å². The van der Waals surface area contributed by atoms with E-state index >= 15 is 0 Å². The Kier molecular flexibility index (Phi) is 7.26. The number of benzene rings is 8. The molecule has 3 aliphatic rings. The van der Waals surface area contributed by atoms with Crippen molar-refractivity contribution in [2.75, 3.05) is 0 Å². The molecule has 0 saturated heterocycles. The fourth-order valence-electron chi connectivity index (χ4n) is 10.2. The van der Waals surface area contributed by atoms with Gasteiger partial charge in [0.1, 0.15) is 11.2 Å². The molecule has 1 aliphatic heterocycles. The molecular formula is C55H41N3S. The van der Waals surface area contributed by atoms with Crippen molar-refractivity contribution in [3.8, 4) is 32.8 Å². The Labute approximate surface area is 348 Å². The van der Waals surface area contributed by atoms with Crippen LogP contribution < -0.4 is 5.32 Å². The van der Waals surface area contributed by atoms with E-state index in [2.05, 4.69) is 197 Å². The first-order valence-corrected chi connectivity index (χ1v) is 21.4. The lowest BCUT2D eigenvalue weighted by Gasteiger charge is -2.27. The second kappa shape index (κ2) is 12.4. The smallest absolute Gasteiger partial charge is 0.145 e. The topological polar surface area (TPSA) is 37.3 Å². The molecule has 0 fully saturated rings.